The van der Waals surface area contributed by atoms with Crippen molar-refractivity contribution in [1.29, 1.82) is 0 Å². The summed E-state index contributed by atoms with van der Waals surface area (Å²) in [5.74, 6) is 0.295. The molecule has 194 valence electrons. The lowest BCUT2D eigenvalue weighted by molar-refractivity contribution is -0.141. The number of amides is 2. The maximum Gasteiger partial charge on any atom is 0.433 e. The van der Waals surface area contributed by atoms with E-state index in [1.165, 1.54) is 11.0 Å². The van der Waals surface area contributed by atoms with E-state index in [9.17, 15) is 22.8 Å². The van der Waals surface area contributed by atoms with E-state index in [1.54, 1.807) is 19.0 Å². The second-order valence-electron chi connectivity index (χ2n) is 9.78. The summed E-state index contributed by atoms with van der Waals surface area (Å²) < 4.78 is 44.1. The minimum atomic E-state index is -4.53. The first-order valence-corrected chi connectivity index (χ1v) is 11.9. The Kier molecular flexibility index (Phi) is 7.01. The maximum atomic E-state index is 13.0. The largest absolute Gasteiger partial charge is 0.483 e. The minimum Gasteiger partial charge on any atom is -0.483 e. The van der Waals surface area contributed by atoms with Gasteiger partial charge in [0.15, 0.2) is 6.61 Å². The van der Waals surface area contributed by atoms with Crippen LogP contribution in [0, 0.1) is 13.8 Å². The fraction of sp³-hybridized carbons (Fsp3) is 0.500. The summed E-state index contributed by atoms with van der Waals surface area (Å²) in [7, 11) is 3.38. The molecular weight excluding hydrogens is 473 g/mol. The zero-order chi connectivity index (χ0) is 26.4. The van der Waals surface area contributed by atoms with Gasteiger partial charge in [-0.2, -0.15) is 13.2 Å². The Balaban J connectivity index is 1.42. The van der Waals surface area contributed by atoms with Gasteiger partial charge in [0.25, 0.3) is 11.8 Å². The van der Waals surface area contributed by atoms with E-state index in [4.69, 9.17) is 4.74 Å². The van der Waals surface area contributed by atoms with Gasteiger partial charge in [0, 0.05) is 51.5 Å². The molecule has 0 aliphatic carbocycles. The average molecular weight is 505 g/mol. The van der Waals surface area contributed by atoms with Crippen molar-refractivity contribution in [2.75, 3.05) is 33.8 Å². The summed E-state index contributed by atoms with van der Waals surface area (Å²) in [5, 5.41) is 0. The van der Waals surface area contributed by atoms with Gasteiger partial charge in [0.1, 0.15) is 11.4 Å². The fourth-order valence-electron chi connectivity index (χ4n) is 5.15. The van der Waals surface area contributed by atoms with Crippen LogP contribution in [0.25, 0.3) is 0 Å². The first-order chi connectivity index (χ1) is 16.9. The molecule has 2 amide bonds. The number of fused-ring (bicyclic) bond motifs is 2. The van der Waals surface area contributed by atoms with Crippen LogP contribution in [0.1, 0.15) is 52.1 Å². The van der Waals surface area contributed by atoms with E-state index in [-0.39, 0.29) is 42.1 Å². The molecule has 2 bridgehead atoms. The normalized spacial score (nSPS) is 20.5. The van der Waals surface area contributed by atoms with E-state index in [2.05, 4.69) is 16.8 Å². The molecule has 2 aromatic rings. The van der Waals surface area contributed by atoms with Crippen molar-refractivity contribution in [3.05, 3.63) is 58.4 Å². The zero-order valence-corrected chi connectivity index (χ0v) is 21.1. The van der Waals surface area contributed by atoms with Gasteiger partial charge in [-0.25, -0.2) is 0 Å². The lowest BCUT2D eigenvalue weighted by atomic mass is 9.96. The lowest BCUT2D eigenvalue weighted by Crippen LogP contribution is -2.49. The van der Waals surface area contributed by atoms with Gasteiger partial charge >= 0.3 is 6.18 Å². The predicted octanol–water partition coefficient (Wildman–Crippen LogP) is 3.84. The molecule has 0 radical (unpaired) electrons. The predicted molar refractivity (Wildman–Crippen MR) is 128 cm³/mol. The van der Waals surface area contributed by atoms with Gasteiger partial charge in [-0.15, -0.1) is 0 Å². The number of pyridine rings is 1. The molecule has 2 saturated heterocycles. The van der Waals surface area contributed by atoms with Crippen molar-refractivity contribution in [2.24, 2.45) is 0 Å². The highest BCUT2D eigenvalue weighted by molar-refractivity contribution is 5.94. The van der Waals surface area contributed by atoms with Gasteiger partial charge < -0.3 is 14.5 Å². The number of rotatable bonds is 6. The number of carbonyl (C=O) groups is 2. The summed E-state index contributed by atoms with van der Waals surface area (Å²) in [4.78, 5) is 33.9. The third-order valence-electron chi connectivity index (χ3n) is 7.42. The van der Waals surface area contributed by atoms with E-state index in [0.29, 0.717) is 18.8 Å². The Morgan fingerprint density at radius 3 is 2.39 bits per heavy atom. The van der Waals surface area contributed by atoms with Gasteiger partial charge in [-0.1, -0.05) is 6.07 Å². The van der Waals surface area contributed by atoms with Crippen LogP contribution in [0.2, 0.25) is 0 Å². The lowest BCUT2D eigenvalue weighted by Gasteiger charge is -2.38. The van der Waals surface area contributed by atoms with E-state index in [0.717, 1.165) is 35.4 Å². The van der Waals surface area contributed by atoms with Crippen LogP contribution in [0.15, 0.2) is 30.5 Å². The number of nitrogens with zero attached hydrogens (tertiary/aromatic N) is 4. The standard InChI is InChI=1S/C26H31F3N4O3/c1-15-16(2)22(36-14-24(34)31(4)5)8-7-21(15)17(3)32-12-20-10-19(32)13-33(20)25(35)18-6-9-23(30-11-18)26(27,28)29/h6-9,11,17,19-20H,10,12-14H2,1-5H3/t17-,19+,20+/m0/s1. The molecule has 0 spiro atoms. The Labute approximate surface area is 208 Å². The van der Waals surface area contributed by atoms with Crippen LogP contribution in [0.5, 0.6) is 5.75 Å². The average Bonchev–Trinajstić information content (AvgIpc) is 3.44. The molecule has 2 fully saturated rings. The van der Waals surface area contributed by atoms with Crippen LogP contribution in [0.4, 0.5) is 13.2 Å². The number of likely N-dealkylation sites (tertiary alicyclic amines) is 2. The SMILES string of the molecule is Cc1c(OCC(=O)N(C)C)ccc([C@H](C)N2C[C@H]3C[C@@H]2CN3C(=O)c2ccc(C(F)(F)F)nc2)c1C. The van der Waals surface area contributed by atoms with Gasteiger partial charge in [-0.05, 0) is 62.1 Å². The molecule has 10 heteroatoms. The van der Waals surface area contributed by atoms with Crippen molar-refractivity contribution >= 4 is 11.8 Å². The number of likely N-dealkylation sites (N-methyl/N-ethyl adjacent to an activating group) is 1. The molecule has 0 saturated carbocycles. The topological polar surface area (TPSA) is 66.0 Å². The number of ether oxygens (including phenoxy) is 1. The number of hydrogen-bond acceptors (Lipinski definition) is 5. The van der Waals surface area contributed by atoms with Crippen molar-refractivity contribution in [1.82, 2.24) is 19.7 Å². The quantitative estimate of drug-likeness (QED) is 0.598. The van der Waals surface area contributed by atoms with E-state index < -0.39 is 11.9 Å². The number of halogens is 3. The number of piperazine rings is 1. The van der Waals surface area contributed by atoms with Crippen LogP contribution in [0.3, 0.4) is 0 Å². The highest BCUT2D eigenvalue weighted by Crippen LogP contribution is 2.39. The van der Waals surface area contributed by atoms with Gasteiger partial charge in [0.2, 0.25) is 0 Å². The molecule has 3 heterocycles. The number of hydrogen-bond donors (Lipinski definition) is 0. The molecule has 7 nitrogen and oxygen atoms in total. The summed E-state index contributed by atoms with van der Waals surface area (Å²) in [6.07, 6.45) is -2.69. The highest BCUT2D eigenvalue weighted by atomic mass is 19.4. The molecule has 3 atom stereocenters. The van der Waals surface area contributed by atoms with Crippen molar-refractivity contribution in [3.63, 3.8) is 0 Å². The molecule has 1 aromatic carbocycles. The second kappa shape index (κ2) is 9.72. The highest BCUT2D eigenvalue weighted by Gasteiger charge is 2.47. The zero-order valence-electron chi connectivity index (χ0n) is 21.1. The Hall–Kier alpha value is -3.14. The molecule has 1 aromatic heterocycles. The second-order valence-corrected chi connectivity index (χ2v) is 9.78. The van der Waals surface area contributed by atoms with E-state index >= 15 is 0 Å². The summed E-state index contributed by atoms with van der Waals surface area (Å²) in [5.41, 5.74) is 2.42. The molecule has 4 rings (SSSR count). The fourth-order valence-corrected chi connectivity index (χ4v) is 5.15. The van der Waals surface area contributed by atoms with Crippen molar-refractivity contribution < 1.29 is 27.5 Å². The molecule has 36 heavy (non-hydrogen) atoms. The van der Waals surface area contributed by atoms with Gasteiger partial charge in [-0.3, -0.25) is 19.5 Å². The van der Waals surface area contributed by atoms with Crippen molar-refractivity contribution in [3.8, 4) is 5.75 Å². The first kappa shape index (κ1) is 25.9. The summed E-state index contributed by atoms with van der Waals surface area (Å²) in [6, 6.07) is 6.28. The van der Waals surface area contributed by atoms with Crippen molar-refractivity contribution in [2.45, 2.75) is 51.5 Å². The Morgan fingerprint density at radius 1 is 1.11 bits per heavy atom. The molecule has 0 N–H and O–H groups in total. The first-order valence-electron chi connectivity index (χ1n) is 11.9. The van der Waals surface area contributed by atoms with Crippen LogP contribution in [-0.4, -0.2) is 77.4 Å². The van der Waals surface area contributed by atoms with E-state index in [1.807, 2.05) is 26.0 Å². The number of benzene rings is 1. The Bertz CT molecular complexity index is 1150. The maximum absolute atomic E-state index is 13.0. The third kappa shape index (κ3) is 4.91. The van der Waals surface area contributed by atoms with Crippen LogP contribution in [-0.2, 0) is 11.0 Å². The van der Waals surface area contributed by atoms with Crippen LogP contribution < -0.4 is 4.74 Å². The molecule has 2 aliphatic rings. The third-order valence-corrected chi connectivity index (χ3v) is 7.42. The number of aromatic nitrogens is 1. The summed E-state index contributed by atoms with van der Waals surface area (Å²) >= 11 is 0. The molecule has 2 aliphatic heterocycles. The minimum absolute atomic E-state index is 0.00768. The summed E-state index contributed by atoms with van der Waals surface area (Å²) in [6.45, 7) is 7.38. The molecule has 0 unspecified atom stereocenters. The Morgan fingerprint density at radius 2 is 1.83 bits per heavy atom. The molecular formula is C26H31F3N4O3. The smallest absolute Gasteiger partial charge is 0.433 e. The number of alkyl halides is 3. The number of carbonyl (C=O) groups excluding carboxylic acids is 2. The van der Waals surface area contributed by atoms with Gasteiger partial charge in [0.05, 0.1) is 5.56 Å². The monoisotopic (exact) mass is 504 g/mol. The van der Waals surface area contributed by atoms with Crippen LogP contribution >= 0.6 is 0 Å².